The second-order valence-electron chi connectivity index (χ2n) is 6.80. The Kier molecular flexibility index (Phi) is 4.47. The molecule has 1 aliphatic heterocycles. The molecule has 1 aliphatic rings. The molecule has 0 aromatic heterocycles. The first-order chi connectivity index (χ1) is 11.4. The third-order valence-corrected chi connectivity index (χ3v) is 4.84. The van der Waals surface area contributed by atoms with Crippen molar-refractivity contribution in [2.24, 2.45) is 0 Å². The molecule has 1 fully saturated rings. The van der Waals surface area contributed by atoms with Crippen molar-refractivity contribution < 1.29 is 10.2 Å². The molecule has 2 N–H and O–H groups in total. The Morgan fingerprint density at radius 1 is 1.00 bits per heavy atom. The third-order valence-electron chi connectivity index (χ3n) is 4.84. The van der Waals surface area contributed by atoms with Crippen LogP contribution in [0.1, 0.15) is 30.5 Å². The van der Waals surface area contributed by atoms with Crippen molar-refractivity contribution in [1.29, 1.82) is 0 Å². The molecular formula is C21H23NO2. The van der Waals surface area contributed by atoms with Gasteiger partial charge >= 0.3 is 0 Å². The number of hydrogen-bond acceptors (Lipinski definition) is 3. The average molecular weight is 321 g/mol. The van der Waals surface area contributed by atoms with Crippen LogP contribution in [0.4, 0.5) is 0 Å². The highest BCUT2D eigenvalue weighted by Crippen LogP contribution is 2.40. The number of nitrogens with zero attached hydrogens (tertiary/aromatic N) is 1. The van der Waals surface area contributed by atoms with Gasteiger partial charge in [0.05, 0.1) is 0 Å². The van der Waals surface area contributed by atoms with Crippen molar-refractivity contribution in [3.05, 3.63) is 71.8 Å². The molecule has 2 aromatic rings. The van der Waals surface area contributed by atoms with Gasteiger partial charge in [0.15, 0.2) is 5.60 Å². The number of likely N-dealkylation sites (tertiary alicyclic amines) is 1. The van der Waals surface area contributed by atoms with Gasteiger partial charge in [0.2, 0.25) is 0 Å². The molecular weight excluding hydrogens is 298 g/mol. The van der Waals surface area contributed by atoms with E-state index in [-0.39, 0.29) is 6.04 Å². The van der Waals surface area contributed by atoms with Gasteiger partial charge in [0.25, 0.3) is 0 Å². The molecule has 3 atom stereocenters. The van der Waals surface area contributed by atoms with Gasteiger partial charge in [-0.2, -0.15) is 0 Å². The molecule has 0 spiro atoms. The second kappa shape index (κ2) is 6.41. The number of rotatable bonds is 1. The number of likely N-dealkylation sites (N-methyl/N-ethyl adjacent to an activating group) is 1. The maximum absolute atomic E-state index is 11.2. The summed E-state index contributed by atoms with van der Waals surface area (Å²) in [4.78, 5) is 2.08. The van der Waals surface area contributed by atoms with Crippen LogP contribution in [-0.4, -0.2) is 39.9 Å². The van der Waals surface area contributed by atoms with Gasteiger partial charge in [-0.15, -0.1) is 0 Å². The molecule has 2 aromatic carbocycles. The fourth-order valence-corrected chi connectivity index (χ4v) is 3.31. The Balaban J connectivity index is 1.94. The predicted octanol–water partition coefficient (Wildman–Crippen LogP) is 2.60. The second-order valence-corrected chi connectivity index (χ2v) is 6.80. The monoisotopic (exact) mass is 321 g/mol. The van der Waals surface area contributed by atoms with Crippen molar-refractivity contribution >= 4 is 0 Å². The van der Waals surface area contributed by atoms with Gasteiger partial charge < -0.3 is 10.2 Å². The van der Waals surface area contributed by atoms with Crippen molar-refractivity contribution in [3.8, 4) is 11.8 Å². The molecule has 3 heteroatoms. The first kappa shape index (κ1) is 16.7. The lowest BCUT2D eigenvalue weighted by Crippen LogP contribution is -2.62. The smallest absolute Gasteiger partial charge is 0.157 e. The summed E-state index contributed by atoms with van der Waals surface area (Å²) in [5.41, 5.74) is -0.808. The van der Waals surface area contributed by atoms with Crippen LogP contribution in [0.15, 0.2) is 60.7 Å². The Bertz CT molecular complexity index is 746. The van der Waals surface area contributed by atoms with Crippen LogP contribution < -0.4 is 0 Å². The third kappa shape index (κ3) is 3.22. The van der Waals surface area contributed by atoms with Gasteiger partial charge in [-0.3, -0.25) is 4.90 Å². The minimum absolute atomic E-state index is 0.0153. The highest BCUT2D eigenvalue weighted by atomic mass is 16.4. The zero-order valence-corrected chi connectivity index (χ0v) is 14.1. The van der Waals surface area contributed by atoms with E-state index in [1.54, 1.807) is 6.92 Å². The SMILES string of the molecule is CN1C[C@](C)(O)[C@](O)(C#Cc2ccccc2)C[C@@H]1c1ccccc1. The van der Waals surface area contributed by atoms with E-state index < -0.39 is 11.2 Å². The minimum atomic E-state index is -1.46. The van der Waals surface area contributed by atoms with Gasteiger partial charge in [0, 0.05) is 24.6 Å². The highest BCUT2D eigenvalue weighted by Gasteiger charge is 2.51. The van der Waals surface area contributed by atoms with Gasteiger partial charge in [-0.1, -0.05) is 60.4 Å². The number of piperidine rings is 1. The van der Waals surface area contributed by atoms with E-state index >= 15 is 0 Å². The van der Waals surface area contributed by atoms with Crippen molar-refractivity contribution in [1.82, 2.24) is 4.90 Å². The summed E-state index contributed by atoms with van der Waals surface area (Å²) in [5.74, 6) is 5.97. The Hall–Kier alpha value is -2.12. The van der Waals surface area contributed by atoms with E-state index in [1.165, 1.54) is 0 Å². The molecule has 0 amide bonds. The van der Waals surface area contributed by atoms with Gasteiger partial charge in [-0.25, -0.2) is 0 Å². The molecule has 24 heavy (non-hydrogen) atoms. The van der Waals surface area contributed by atoms with Gasteiger partial charge in [-0.05, 0) is 31.7 Å². The van der Waals surface area contributed by atoms with Crippen molar-refractivity contribution in [2.45, 2.75) is 30.6 Å². The van der Waals surface area contributed by atoms with Crippen LogP contribution in [0.3, 0.4) is 0 Å². The Labute approximate surface area is 143 Å². The molecule has 1 heterocycles. The molecule has 3 nitrogen and oxygen atoms in total. The van der Waals surface area contributed by atoms with Crippen LogP contribution >= 0.6 is 0 Å². The summed E-state index contributed by atoms with van der Waals surface area (Å²) in [5, 5.41) is 22.0. The Morgan fingerprint density at radius 2 is 1.58 bits per heavy atom. The molecule has 0 unspecified atom stereocenters. The molecule has 0 aliphatic carbocycles. The highest BCUT2D eigenvalue weighted by molar-refractivity contribution is 5.38. The summed E-state index contributed by atoms with van der Waals surface area (Å²) in [7, 11) is 1.97. The molecule has 0 saturated carbocycles. The minimum Gasteiger partial charge on any atom is -0.385 e. The summed E-state index contributed by atoms with van der Waals surface area (Å²) in [6.07, 6.45) is 0.361. The Morgan fingerprint density at radius 3 is 2.21 bits per heavy atom. The maximum atomic E-state index is 11.2. The van der Waals surface area contributed by atoms with E-state index in [2.05, 4.69) is 16.7 Å². The summed E-state index contributed by atoms with van der Waals surface area (Å²) >= 11 is 0. The van der Waals surface area contributed by atoms with E-state index in [1.807, 2.05) is 67.7 Å². The fourth-order valence-electron chi connectivity index (χ4n) is 3.31. The molecule has 0 bridgehead atoms. The fraction of sp³-hybridized carbons (Fsp3) is 0.333. The van der Waals surface area contributed by atoms with Crippen LogP contribution in [0.25, 0.3) is 0 Å². The van der Waals surface area contributed by atoms with Crippen LogP contribution in [0.5, 0.6) is 0 Å². The summed E-state index contributed by atoms with van der Waals surface area (Å²) in [6, 6.07) is 19.6. The van der Waals surface area contributed by atoms with Crippen LogP contribution in [0, 0.1) is 11.8 Å². The lowest BCUT2D eigenvalue weighted by atomic mass is 9.74. The topological polar surface area (TPSA) is 43.7 Å². The number of aliphatic hydroxyl groups is 2. The maximum Gasteiger partial charge on any atom is 0.157 e. The largest absolute Gasteiger partial charge is 0.385 e. The molecule has 3 rings (SSSR count). The predicted molar refractivity (Wildman–Crippen MR) is 95.3 cm³/mol. The van der Waals surface area contributed by atoms with Crippen molar-refractivity contribution in [2.75, 3.05) is 13.6 Å². The zero-order chi connectivity index (χ0) is 17.2. The first-order valence-corrected chi connectivity index (χ1v) is 8.19. The average Bonchev–Trinajstić information content (AvgIpc) is 2.58. The van der Waals surface area contributed by atoms with Crippen LogP contribution in [0.2, 0.25) is 0 Å². The first-order valence-electron chi connectivity index (χ1n) is 8.19. The normalized spacial score (nSPS) is 30.4. The standard InChI is InChI=1S/C21H23NO2/c1-20(23)16-22(2)19(18-11-7-4-8-12-18)15-21(20,24)14-13-17-9-5-3-6-10-17/h3-12,19,23-24H,15-16H2,1-2H3/t19-,20+,21+/m1/s1. The number of hydrogen-bond donors (Lipinski definition) is 2. The quantitative estimate of drug-likeness (QED) is 0.794. The van der Waals surface area contributed by atoms with E-state index in [0.717, 1.165) is 11.1 Å². The van der Waals surface area contributed by atoms with Crippen LogP contribution in [-0.2, 0) is 0 Å². The molecule has 0 radical (unpaired) electrons. The summed E-state index contributed by atoms with van der Waals surface area (Å²) < 4.78 is 0. The molecule has 124 valence electrons. The molecule has 1 saturated heterocycles. The summed E-state index contributed by atoms with van der Waals surface area (Å²) in [6.45, 7) is 2.01. The lowest BCUT2D eigenvalue weighted by molar-refractivity contribution is -0.160. The van der Waals surface area contributed by atoms with Gasteiger partial charge in [0.1, 0.15) is 5.60 Å². The van der Waals surface area contributed by atoms with E-state index in [4.69, 9.17) is 0 Å². The van der Waals surface area contributed by atoms with E-state index in [9.17, 15) is 10.2 Å². The van der Waals surface area contributed by atoms with E-state index in [0.29, 0.717) is 13.0 Å². The van der Waals surface area contributed by atoms with Crippen molar-refractivity contribution in [3.63, 3.8) is 0 Å². The lowest BCUT2D eigenvalue weighted by Gasteiger charge is -2.49. The zero-order valence-electron chi connectivity index (χ0n) is 14.1. The number of β-amino-alcohol motifs (C(OH)–C–C–N with tert-alkyl or cyclic N) is 1. The number of benzene rings is 2.